The highest BCUT2D eigenvalue weighted by Gasteiger charge is 2.05. The first-order valence-electron chi connectivity index (χ1n) is 4.45. The van der Waals surface area contributed by atoms with Gasteiger partial charge in [0.25, 0.3) is 0 Å². The van der Waals surface area contributed by atoms with Gasteiger partial charge in [-0.25, -0.2) is 0 Å². The molecular formula is C11H11NO2. The fourth-order valence-corrected chi connectivity index (χ4v) is 1.73. The van der Waals surface area contributed by atoms with Gasteiger partial charge in [0.05, 0.1) is 5.52 Å². The molecule has 0 bridgehead atoms. The van der Waals surface area contributed by atoms with Crippen LogP contribution >= 0.6 is 0 Å². The number of carboxylic acids is 1. The van der Waals surface area contributed by atoms with Crippen molar-refractivity contribution in [2.24, 2.45) is 0 Å². The molecule has 0 aliphatic carbocycles. The van der Waals surface area contributed by atoms with E-state index in [1.165, 1.54) is 0 Å². The smallest absolute Gasteiger partial charge is 0.323 e. The molecule has 1 aromatic carbocycles. The zero-order valence-corrected chi connectivity index (χ0v) is 7.90. The van der Waals surface area contributed by atoms with Gasteiger partial charge < -0.3 is 9.67 Å². The van der Waals surface area contributed by atoms with E-state index in [4.69, 9.17) is 5.11 Å². The number of aromatic nitrogens is 1. The van der Waals surface area contributed by atoms with Crippen LogP contribution in [-0.4, -0.2) is 15.6 Å². The number of nitrogens with zero attached hydrogens (tertiary/aromatic N) is 1. The third kappa shape index (κ3) is 1.37. The lowest BCUT2D eigenvalue weighted by Crippen LogP contribution is -2.07. The van der Waals surface area contributed by atoms with E-state index < -0.39 is 5.97 Å². The summed E-state index contributed by atoms with van der Waals surface area (Å²) in [6.07, 6.45) is 1.81. The van der Waals surface area contributed by atoms with Crippen molar-refractivity contribution in [3.63, 3.8) is 0 Å². The molecule has 1 aromatic heterocycles. The maximum Gasteiger partial charge on any atom is 0.323 e. The summed E-state index contributed by atoms with van der Waals surface area (Å²) < 4.78 is 1.76. The quantitative estimate of drug-likeness (QED) is 0.785. The van der Waals surface area contributed by atoms with Crippen molar-refractivity contribution in [3.8, 4) is 0 Å². The minimum absolute atomic E-state index is 0.0222. The lowest BCUT2D eigenvalue weighted by atomic mass is 10.2. The Hall–Kier alpha value is -1.77. The highest BCUT2D eigenvalue weighted by molar-refractivity contribution is 5.84. The Morgan fingerprint density at radius 1 is 1.43 bits per heavy atom. The molecule has 0 amide bonds. The first kappa shape index (κ1) is 8.81. The predicted octanol–water partition coefficient (Wildman–Crippen LogP) is 2.03. The summed E-state index contributed by atoms with van der Waals surface area (Å²) in [6.45, 7) is 2.01. The molecule has 0 aliphatic heterocycles. The molecule has 0 aliphatic rings. The van der Waals surface area contributed by atoms with Crippen LogP contribution in [0.4, 0.5) is 0 Å². The third-order valence-corrected chi connectivity index (χ3v) is 2.30. The number of aryl methyl sites for hydroxylation is 1. The Kier molecular flexibility index (Phi) is 2.00. The average molecular weight is 189 g/mol. The highest BCUT2D eigenvalue weighted by atomic mass is 16.4. The first-order valence-corrected chi connectivity index (χ1v) is 4.45. The maximum absolute atomic E-state index is 10.6. The molecule has 0 saturated heterocycles. The number of carbonyl (C=O) groups is 1. The number of fused-ring (bicyclic) bond motifs is 1. The molecule has 72 valence electrons. The van der Waals surface area contributed by atoms with Crippen molar-refractivity contribution in [1.29, 1.82) is 0 Å². The maximum atomic E-state index is 10.6. The van der Waals surface area contributed by atoms with Crippen molar-refractivity contribution in [1.82, 2.24) is 4.57 Å². The summed E-state index contributed by atoms with van der Waals surface area (Å²) in [4.78, 5) is 10.6. The van der Waals surface area contributed by atoms with Crippen LogP contribution in [0, 0.1) is 6.92 Å². The van der Waals surface area contributed by atoms with E-state index >= 15 is 0 Å². The second-order valence-electron chi connectivity index (χ2n) is 3.35. The van der Waals surface area contributed by atoms with Gasteiger partial charge in [-0.1, -0.05) is 18.2 Å². The molecule has 2 rings (SSSR count). The highest BCUT2D eigenvalue weighted by Crippen LogP contribution is 2.19. The number of hydrogen-bond donors (Lipinski definition) is 1. The second-order valence-corrected chi connectivity index (χ2v) is 3.35. The van der Waals surface area contributed by atoms with Crippen molar-refractivity contribution in [3.05, 3.63) is 36.0 Å². The number of hydrogen-bond acceptors (Lipinski definition) is 1. The van der Waals surface area contributed by atoms with Crippen molar-refractivity contribution >= 4 is 16.9 Å². The van der Waals surface area contributed by atoms with Crippen molar-refractivity contribution in [2.75, 3.05) is 0 Å². The average Bonchev–Trinajstić information content (AvgIpc) is 2.49. The van der Waals surface area contributed by atoms with Crippen LogP contribution in [0.2, 0.25) is 0 Å². The normalized spacial score (nSPS) is 10.6. The number of aliphatic carboxylic acids is 1. The van der Waals surface area contributed by atoms with E-state index in [-0.39, 0.29) is 6.54 Å². The molecule has 0 unspecified atom stereocenters. The second kappa shape index (κ2) is 3.18. The van der Waals surface area contributed by atoms with Crippen LogP contribution in [0.3, 0.4) is 0 Å². The van der Waals surface area contributed by atoms with Crippen LogP contribution in [0.5, 0.6) is 0 Å². The molecule has 0 spiro atoms. The molecule has 2 aromatic rings. The Labute approximate surface area is 81.6 Å². The fourth-order valence-electron chi connectivity index (χ4n) is 1.73. The molecule has 0 radical (unpaired) electrons. The lowest BCUT2D eigenvalue weighted by molar-refractivity contribution is -0.137. The summed E-state index contributed by atoms with van der Waals surface area (Å²) in [5, 5.41) is 9.80. The van der Waals surface area contributed by atoms with Gasteiger partial charge in [0, 0.05) is 6.20 Å². The van der Waals surface area contributed by atoms with Gasteiger partial charge in [0.1, 0.15) is 6.54 Å². The Morgan fingerprint density at radius 2 is 2.21 bits per heavy atom. The lowest BCUT2D eigenvalue weighted by Gasteiger charge is -2.03. The Morgan fingerprint density at radius 3 is 2.93 bits per heavy atom. The monoisotopic (exact) mass is 189 g/mol. The zero-order chi connectivity index (χ0) is 10.1. The summed E-state index contributed by atoms with van der Waals surface area (Å²) >= 11 is 0. The summed E-state index contributed by atoms with van der Waals surface area (Å²) in [5.74, 6) is -0.814. The summed E-state index contributed by atoms with van der Waals surface area (Å²) in [7, 11) is 0. The van der Waals surface area contributed by atoms with E-state index in [1.807, 2.05) is 37.4 Å². The minimum atomic E-state index is -0.814. The number of benzene rings is 1. The van der Waals surface area contributed by atoms with E-state index in [9.17, 15) is 4.79 Å². The van der Waals surface area contributed by atoms with E-state index in [1.54, 1.807) is 4.57 Å². The molecular weight excluding hydrogens is 178 g/mol. The molecule has 0 atom stereocenters. The van der Waals surface area contributed by atoms with Gasteiger partial charge in [-0.05, 0) is 23.9 Å². The van der Waals surface area contributed by atoms with Gasteiger partial charge in [-0.15, -0.1) is 0 Å². The molecule has 0 saturated carbocycles. The number of carboxylic acid groups (broad SMARTS) is 1. The van der Waals surface area contributed by atoms with Crippen LogP contribution in [-0.2, 0) is 11.3 Å². The van der Waals surface area contributed by atoms with Crippen LogP contribution in [0.15, 0.2) is 30.5 Å². The van der Waals surface area contributed by atoms with Gasteiger partial charge in [-0.2, -0.15) is 0 Å². The summed E-state index contributed by atoms with van der Waals surface area (Å²) in [6, 6.07) is 7.88. The number of rotatable bonds is 2. The van der Waals surface area contributed by atoms with Crippen LogP contribution in [0.25, 0.3) is 10.9 Å². The van der Waals surface area contributed by atoms with E-state index in [0.717, 1.165) is 16.5 Å². The molecule has 3 nitrogen and oxygen atoms in total. The van der Waals surface area contributed by atoms with Crippen molar-refractivity contribution in [2.45, 2.75) is 13.5 Å². The standard InChI is InChI=1S/C11H11NO2/c1-8-3-2-4-9-5-6-12(11(8)9)7-10(13)14/h2-6H,7H2,1H3,(H,13,14). The predicted molar refractivity (Wildman–Crippen MR) is 54.3 cm³/mol. The SMILES string of the molecule is Cc1cccc2ccn(CC(=O)O)c12. The van der Waals surface area contributed by atoms with Gasteiger partial charge in [0.15, 0.2) is 0 Å². The van der Waals surface area contributed by atoms with Gasteiger partial charge in [0.2, 0.25) is 0 Å². The molecule has 1 heterocycles. The van der Waals surface area contributed by atoms with Gasteiger partial charge in [-0.3, -0.25) is 4.79 Å². The minimum Gasteiger partial charge on any atom is -0.480 e. The molecule has 1 N–H and O–H groups in total. The largest absolute Gasteiger partial charge is 0.480 e. The van der Waals surface area contributed by atoms with Crippen molar-refractivity contribution < 1.29 is 9.90 Å². The third-order valence-electron chi connectivity index (χ3n) is 2.30. The molecule has 3 heteroatoms. The van der Waals surface area contributed by atoms with E-state index in [0.29, 0.717) is 0 Å². The van der Waals surface area contributed by atoms with Crippen LogP contribution < -0.4 is 0 Å². The van der Waals surface area contributed by atoms with Crippen LogP contribution in [0.1, 0.15) is 5.56 Å². The zero-order valence-electron chi connectivity index (χ0n) is 7.90. The Bertz CT molecular complexity index is 485. The Balaban J connectivity index is 2.61. The molecule has 14 heavy (non-hydrogen) atoms. The van der Waals surface area contributed by atoms with Gasteiger partial charge >= 0.3 is 5.97 Å². The number of para-hydroxylation sites is 1. The topological polar surface area (TPSA) is 42.2 Å². The molecule has 0 fully saturated rings. The summed E-state index contributed by atoms with van der Waals surface area (Å²) in [5.41, 5.74) is 2.11. The first-order chi connectivity index (χ1) is 6.68. The van der Waals surface area contributed by atoms with E-state index in [2.05, 4.69) is 0 Å². The fraction of sp³-hybridized carbons (Fsp3) is 0.182.